The number of likely N-dealkylation sites (N-methyl/N-ethyl adjacent to an activating group) is 1. The maximum absolute atomic E-state index is 12.8. The number of nitrogens with one attached hydrogen (secondary N) is 2. The summed E-state index contributed by atoms with van der Waals surface area (Å²) in [5, 5.41) is 3.00. The molecule has 0 aliphatic carbocycles. The van der Waals surface area contributed by atoms with Crippen LogP contribution in [0.25, 0.3) is 0 Å². The molecule has 0 saturated carbocycles. The molecule has 0 aliphatic rings. The van der Waals surface area contributed by atoms with Gasteiger partial charge in [-0.15, -0.1) is 0 Å². The number of carbonyl (C=O) groups is 1. The highest BCUT2D eigenvalue weighted by atomic mass is 32.2. The summed E-state index contributed by atoms with van der Waals surface area (Å²) in [6.07, 6.45) is 0.520. The topological polar surface area (TPSA) is 87.7 Å². The molecule has 0 radical (unpaired) electrons. The first-order valence-electron chi connectivity index (χ1n) is 10.6. The fourth-order valence-corrected chi connectivity index (χ4v) is 4.61. The van der Waals surface area contributed by atoms with E-state index in [2.05, 4.69) is 28.8 Å². The van der Waals surface area contributed by atoms with Gasteiger partial charge in [-0.3, -0.25) is 14.4 Å². The number of methoxy groups -OCH3 is 1. The van der Waals surface area contributed by atoms with E-state index < -0.39 is 10.0 Å². The number of ether oxygens (including phenoxy) is 1. The largest absolute Gasteiger partial charge is 0.497 e. The lowest BCUT2D eigenvalue weighted by Gasteiger charge is -2.30. The standard InChI is InChI=1S/C23H33N3O4S/c1-5-14-31(28,29)25-20-12-8-11-19(15-20)23(27)24-17-22(26(6-2)7-3)18-10-9-13-21(16-18)30-4/h8-13,15-16,22,25H,5-7,14,17H2,1-4H3,(H,24,27). The van der Waals surface area contributed by atoms with Crippen molar-refractivity contribution in [2.24, 2.45) is 0 Å². The second-order valence-electron chi connectivity index (χ2n) is 7.23. The molecule has 1 unspecified atom stereocenters. The van der Waals surface area contributed by atoms with Crippen molar-refractivity contribution in [2.45, 2.75) is 33.2 Å². The van der Waals surface area contributed by atoms with E-state index in [9.17, 15) is 13.2 Å². The summed E-state index contributed by atoms with van der Waals surface area (Å²) < 4.78 is 31.9. The first-order valence-corrected chi connectivity index (χ1v) is 12.3. The monoisotopic (exact) mass is 447 g/mol. The zero-order valence-electron chi connectivity index (χ0n) is 18.7. The zero-order valence-corrected chi connectivity index (χ0v) is 19.5. The van der Waals surface area contributed by atoms with Gasteiger partial charge in [0.25, 0.3) is 5.91 Å². The molecular weight excluding hydrogens is 414 g/mol. The Morgan fingerprint density at radius 3 is 2.42 bits per heavy atom. The lowest BCUT2D eigenvalue weighted by molar-refractivity contribution is 0.0935. The second kappa shape index (κ2) is 11.7. The average molecular weight is 448 g/mol. The SMILES string of the molecule is CCCS(=O)(=O)Nc1cccc(C(=O)NCC(c2cccc(OC)c2)N(CC)CC)c1. The van der Waals surface area contributed by atoms with Crippen LogP contribution < -0.4 is 14.8 Å². The molecule has 1 amide bonds. The van der Waals surface area contributed by atoms with E-state index in [0.717, 1.165) is 24.4 Å². The number of hydrogen-bond donors (Lipinski definition) is 2. The molecule has 2 N–H and O–H groups in total. The normalized spacial score (nSPS) is 12.4. The van der Waals surface area contributed by atoms with Crippen LogP contribution in [0.4, 0.5) is 5.69 Å². The summed E-state index contributed by atoms with van der Waals surface area (Å²) in [5.74, 6) is 0.555. The van der Waals surface area contributed by atoms with Gasteiger partial charge in [-0.05, 0) is 55.4 Å². The molecule has 2 aromatic rings. The number of amides is 1. The van der Waals surface area contributed by atoms with Crippen molar-refractivity contribution < 1.29 is 17.9 Å². The van der Waals surface area contributed by atoms with Crippen LogP contribution in [-0.4, -0.2) is 51.7 Å². The van der Waals surface area contributed by atoms with E-state index in [0.29, 0.717) is 24.2 Å². The van der Waals surface area contributed by atoms with Gasteiger partial charge >= 0.3 is 0 Å². The van der Waals surface area contributed by atoms with Crippen molar-refractivity contribution in [3.05, 3.63) is 59.7 Å². The lowest BCUT2D eigenvalue weighted by Crippen LogP contribution is -2.38. The molecule has 2 aromatic carbocycles. The Morgan fingerprint density at radius 2 is 1.77 bits per heavy atom. The summed E-state index contributed by atoms with van der Waals surface area (Å²) in [6.45, 7) is 8.07. The van der Waals surface area contributed by atoms with E-state index in [1.54, 1.807) is 38.3 Å². The van der Waals surface area contributed by atoms with Gasteiger partial charge < -0.3 is 10.1 Å². The summed E-state index contributed by atoms with van der Waals surface area (Å²) in [5.41, 5.74) is 1.85. The maximum Gasteiger partial charge on any atom is 0.251 e. The fraction of sp³-hybridized carbons (Fsp3) is 0.435. The zero-order chi connectivity index (χ0) is 22.9. The Bertz CT molecular complexity index is 959. The molecule has 0 heterocycles. The van der Waals surface area contributed by atoms with E-state index >= 15 is 0 Å². The summed E-state index contributed by atoms with van der Waals surface area (Å²) in [7, 11) is -1.78. The molecule has 170 valence electrons. The molecule has 0 saturated heterocycles. The molecule has 7 nitrogen and oxygen atoms in total. The highest BCUT2D eigenvalue weighted by Crippen LogP contribution is 2.24. The predicted molar refractivity (Wildman–Crippen MR) is 125 cm³/mol. The van der Waals surface area contributed by atoms with Crippen molar-refractivity contribution in [1.82, 2.24) is 10.2 Å². The van der Waals surface area contributed by atoms with Crippen LogP contribution in [0.5, 0.6) is 5.75 Å². The highest BCUT2D eigenvalue weighted by molar-refractivity contribution is 7.92. The van der Waals surface area contributed by atoms with Gasteiger partial charge in [-0.1, -0.05) is 39.0 Å². The Labute approximate surface area is 185 Å². The number of nitrogens with zero attached hydrogens (tertiary/aromatic N) is 1. The van der Waals surface area contributed by atoms with E-state index in [1.165, 1.54) is 0 Å². The molecule has 0 aliphatic heterocycles. The molecule has 31 heavy (non-hydrogen) atoms. The van der Waals surface area contributed by atoms with Crippen molar-refractivity contribution in [1.29, 1.82) is 0 Å². The van der Waals surface area contributed by atoms with Crippen LogP contribution in [0, 0.1) is 0 Å². The molecular formula is C23H33N3O4S. The van der Waals surface area contributed by atoms with Gasteiger partial charge in [0.05, 0.1) is 18.9 Å². The van der Waals surface area contributed by atoms with Gasteiger partial charge in [-0.2, -0.15) is 0 Å². The minimum atomic E-state index is -3.41. The summed E-state index contributed by atoms with van der Waals surface area (Å²) in [4.78, 5) is 15.1. The van der Waals surface area contributed by atoms with Crippen LogP contribution in [0.15, 0.2) is 48.5 Å². The van der Waals surface area contributed by atoms with Crippen LogP contribution in [0.3, 0.4) is 0 Å². The number of rotatable bonds is 12. The Kier molecular flexibility index (Phi) is 9.33. The van der Waals surface area contributed by atoms with Crippen molar-refractivity contribution in [3.8, 4) is 5.75 Å². The lowest BCUT2D eigenvalue weighted by atomic mass is 10.0. The summed E-state index contributed by atoms with van der Waals surface area (Å²) >= 11 is 0. The quantitative estimate of drug-likeness (QED) is 0.518. The van der Waals surface area contributed by atoms with Crippen molar-refractivity contribution in [2.75, 3.05) is 37.2 Å². The van der Waals surface area contributed by atoms with E-state index in [4.69, 9.17) is 4.74 Å². The second-order valence-corrected chi connectivity index (χ2v) is 9.07. The summed E-state index contributed by atoms with van der Waals surface area (Å²) in [6, 6.07) is 14.4. The minimum absolute atomic E-state index is 0.0136. The average Bonchev–Trinajstić information content (AvgIpc) is 2.76. The van der Waals surface area contributed by atoms with Crippen LogP contribution >= 0.6 is 0 Å². The van der Waals surface area contributed by atoms with Crippen LogP contribution in [0.1, 0.15) is 49.2 Å². The third kappa shape index (κ3) is 7.25. The smallest absolute Gasteiger partial charge is 0.251 e. The molecule has 0 fully saturated rings. The Morgan fingerprint density at radius 1 is 1.06 bits per heavy atom. The van der Waals surface area contributed by atoms with Gasteiger partial charge in [0.2, 0.25) is 10.0 Å². The first-order chi connectivity index (χ1) is 14.8. The van der Waals surface area contributed by atoms with Crippen molar-refractivity contribution >= 4 is 21.6 Å². The van der Waals surface area contributed by atoms with Gasteiger partial charge in [-0.25, -0.2) is 8.42 Å². The number of carbonyl (C=O) groups excluding carboxylic acids is 1. The van der Waals surface area contributed by atoms with E-state index in [1.807, 2.05) is 24.3 Å². The van der Waals surface area contributed by atoms with Crippen molar-refractivity contribution in [3.63, 3.8) is 0 Å². The maximum atomic E-state index is 12.8. The van der Waals surface area contributed by atoms with Gasteiger partial charge in [0.15, 0.2) is 0 Å². The number of anilines is 1. The molecule has 8 heteroatoms. The Balaban J connectivity index is 2.16. The van der Waals surface area contributed by atoms with Gasteiger partial charge in [0.1, 0.15) is 5.75 Å². The fourth-order valence-electron chi connectivity index (χ4n) is 3.49. The minimum Gasteiger partial charge on any atom is -0.497 e. The molecule has 1 atom stereocenters. The molecule has 2 rings (SSSR count). The highest BCUT2D eigenvalue weighted by Gasteiger charge is 2.20. The number of sulfonamides is 1. The van der Waals surface area contributed by atoms with E-state index in [-0.39, 0.29) is 17.7 Å². The van der Waals surface area contributed by atoms with Gasteiger partial charge in [0, 0.05) is 17.8 Å². The van der Waals surface area contributed by atoms with Crippen LogP contribution in [-0.2, 0) is 10.0 Å². The first kappa shape index (κ1) is 24.7. The molecule has 0 bridgehead atoms. The predicted octanol–water partition coefficient (Wildman–Crippen LogP) is 3.66. The molecule has 0 spiro atoms. The number of hydrogen-bond acceptors (Lipinski definition) is 5. The van der Waals surface area contributed by atoms with Crippen LogP contribution in [0.2, 0.25) is 0 Å². The third-order valence-corrected chi connectivity index (χ3v) is 6.55. The Hall–Kier alpha value is -2.58. The molecule has 0 aromatic heterocycles. The number of benzene rings is 2. The third-order valence-electron chi connectivity index (χ3n) is 5.06.